The summed E-state index contributed by atoms with van der Waals surface area (Å²) >= 11 is 11.9. The van der Waals surface area contributed by atoms with E-state index in [-0.39, 0.29) is 6.04 Å². The number of rotatable bonds is 5. The first kappa shape index (κ1) is 14.3. The topological polar surface area (TPSA) is 56.7 Å². The van der Waals surface area contributed by atoms with Gasteiger partial charge in [0.2, 0.25) is 0 Å². The van der Waals surface area contributed by atoms with Crippen molar-refractivity contribution >= 4 is 23.2 Å². The molecule has 0 aliphatic carbocycles. The van der Waals surface area contributed by atoms with E-state index in [0.717, 1.165) is 24.2 Å². The van der Waals surface area contributed by atoms with Gasteiger partial charge in [-0.3, -0.25) is 0 Å². The molecule has 1 aromatic heterocycles. The average Bonchev–Trinajstić information content (AvgIpc) is 2.83. The van der Waals surface area contributed by atoms with Crippen LogP contribution in [0, 0.1) is 0 Å². The fourth-order valence-corrected chi connectivity index (χ4v) is 2.28. The molecule has 1 aromatic carbocycles. The molecule has 102 valence electrons. The van der Waals surface area contributed by atoms with Crippen molar-refractivity contribution < 1.29 is 0 Å². The van der Waals surface area contributed by atoms with E-state index < -0.39 is 0 Å². The molecule has 0 aliphatic rings. The van der Waals surface area contributed by atoms with Gasteiger partial charge in [-0.1, -0.05) is 41.4 Å². The zero-order valence-electron chi connectivity index (χ0n) is 10.7. The number of aryl methyl sites for hydroxylation is 1. The van der Waals surface area contributed by atoms with Crippen molar-refractivity contribution in [3.05, 3.63) is 45.7 Å². The Kier molecular flexibility index (Phi) is 4.80. The largest absolute Gasteiger partial charge is 0.322 e. The zero-order valence-corrected chi connectivity index (χ0v) is 12.2. The molecule has 6 heteroatoms. The number of aromatic nitrogens is 3. The van der Waals surface area contributed by atoms with Gasteiger partial charge in [0.05, 0.1) is 28.0 Å². The fraction of sp³-hybridized carbons (Fsp3) is 0.385. The second kappa shape index (κ2) is 6.37. The van der Waals surface area contributed by atoms with E-state index in [0.29, 0.717) is 16.5 Å². The quantitative estimate of drug-likeness (QED) is 0.922. The molecule has 1 heterocycles. The lowest BCUT2D eigenvalue weighted by atomic mass is 10.0. The predicted octanol–water partition coefficient (Wildman–Crippen LogP) is 3.24. The maximum atomic E-state index is 6.21. The van der Waals surface area contributed by atoms with E-state index in [2.05, 4.69) is 17.2 Å². The van der Waals surface area contributed by atoms with Crippen LogP contribution in [-0.2, 0) is 13.0 Å². The van der Waals surface area contributed by atoms with Crippen LogP contribution in [0.5, 0.6) is 0 Å². The standard InChI is InChI=1S/C13H16Cl2N4/c1-2-5-19-13(8-17-18-19)12(16)7-9-3-4-10(14)11(15)6-9/h3-4,6,8,12H,2,5,7,16H2,1H3. The smallest absolute Gasteiger partial charge is 0.0757 e. The highest BCUT2D eigenvalue weighted by molar-refractivity contribution is 6.42. The highest BCUT2D eigenvalue weighted by Crippen LogP contribution is 2.24. The van der Waals surface area contributed by atoms with Crippen molar-refractivity contribution in [3.8, 4) is 0 Å². The summed E-state index contributed by atoms with van der Waals surface area (Å²) in [5.74, 6) is 0. The van der Waals surface area contributed by atoms with E-state index in [1.165, 1.54) is 0 Å². The van der Waals surface area contributed by atoms with Gasteiger partial charge in [-0.15, -0.1) is 5.10 Å². The van der Waals surface area contributed by atoms with Crippen molar-refractivity contribution in [2.75, 3.05) is 0 Å². The summed E-state index contributed by atoms with van der Waals surface area (Å²) in [7, 11) is 0. The minimum Gasteiger partial charge on any atom is -0.322 e. The van der Waals surface area contributed by atoms with Gasteiger partial charge in [0.1, 0.15) is 0 Å². The van der Waals surface area contributed by atoms with Crippen LogP contribution in [-0.4, -0.2) is 15.0 Å². The summed E-state index contributed by atoms with van der Waals surface area (Å²) in [4.78, 5) is 0. The maximum absolute atomic E-state index is 6.21. The summed E-state index contributed by atoms with van der Waals surface area (Å²) in [6.07, 6.45) is 3.39. The number of benzene rings is 1. The van der Waals surface area contributed by atoms with Gasteiger partial charge in [-0.25, -0.2) is 4.68 Å². The van der Waals surface area contributed by atoms with Crippen LogP contribution < -0.4 is 5.73 Å². The van der Waals surface area contributed by atoms with Crippen molar-refractivity contribution in [2.24, 2.45) is 5.73 Å². The lowest BCUT2D eigenvalue weighted by molar-refractivity contribution is 0.525. The maximum Gasteiger partial charge on any atom is 0.0757 e. The zero-order chi connectivity index (χ0) is 13.8. The Hall–Kier alpha value is -1.10. The lowest BCUT2D eigenvalue weighted by Gasteiger charge is -2.13. The first-order valence-corrected chi connectivity index (χ1v) is 6.95. The van der Waals surface area contributed by atoms with E-state index >= 15 is 0 Å². The molecule has 2 N–H and O–H groups in total. The van der Waals surface area contributed by atoms with Crippen LogP contribution in [0.1, 0.15) is 30.6 Å². The molecule has 2 rings (SSSR count). The Morgan fingerprint density at radius 2 is 2.11 bits per heavy atom. The molecule has 0 fully saturated rings. The molecular weight excluding hydrogens is 283 g/mol. The molecule has 0 bridgehead atoms. The Morgan fingerprint density at radius 3 is 2.79 bits per heavy atom. The first-order valence-electron chi connectivity index (χ1n) is 6.19. The van der Waals surface area contributed by atoms with Crippen molar-refractivity contribution in [3.63, 3.8) is 0 Å². The highest BCUT2D eigenvalue weighted by Gasteiger charge is 2.13. The van der Waals surface area contributed by atoms with Gasteiger partial charge in [0.15, 0.2) is 0 Å². The van der Waals surface area contributed by atoms with Gasteiger partial charge in [0.25, 0.3) is 0 Å². The van der Waals surface area contributed by atoms with Crippen molar-refractivity contribution in [1.82, 2.24) is 15.0 Å². The van der Waals surface area contributed by atoms with E-state index in [9.17, 15) is 0 Å². The molecule has 0 saturated carbocycles. The SMILES string of the molecule is CCCn1nncc1C(N)Cc1ccc(Cl)c(Cl)c1. The molecule has 19 heavy (non-hydrogen) atoms. The third-order valence-corrected chi connectivity index (χ3v) is 3.64. The van der Waals surface area contributed by atoms with Gasteiger partial charge < -0.3 is 5.73 Å². The van der Waals surface area contributed by atoms with Crippen LogP contribution in [0.4, 0.5) is 0 Å². The summed E-state index contributed by atoms with van der Waals surface area (Å²) in [6.45, 7) is 2.92. The minimum absolute atomic E-state index is 0.154. The average molecular weight is 299 g/mol. The van der Waals surface area contributed by atoms with Gasteiger partial charge in [0, 0.05) is 6.54 Å². The Balaban J connectivity index is 2.13. The summed E-state index contributed by atoms with van der Waals surface area (Å²) in [5.41, 5.74) is 8.20. The third kappa shape index (κ3) is 3.47. The third-order valence-electron chi connectivity index (χ3n) is 2.90. The second-order valence-electron chi connectivity index (χ2n) is 4.44. The van der Waals surface area contributed by atoms with Gasteiger partial charge in [-0.05, 0) is 30.5 Å². The number of halogens is 2. The molecule has 1 unspecified atom stereocenters. The number of nitrogens with two attached hydrogens (primary N) is 1. The summed E-state index contributed by atoms with van der Waals surface area (Å²) < 4.78 is 1.85. The summed E-state index contributed by atoms with van der Waals surface area (Å²) in [5, 5.41) is 9.06. The first-order chi connectivity index (χ1) is 9.11. The second-order valence-corrected chi connectivity index (χ2v) is 5.26. The Labute approximate surface area is 122 Å². The predicted molar refractivity (Wildman–Crippen MR) is 77.4 cm³/mol. The molecular formula is C13H16Cl2N4. The molecule has 4 nitrogen and oxygen atoms in total. The monoisotopic (exact) mass is 298 g/mol. The Morgan fingerprint density at radius 1 is 1.32 bits per heavy atom. The minimum atomic E-state index is -0.154. The molecule has 0 spiro atoms. The number of hydrogen-bond donors (Lipinski definition) is 1. The number of hydrogen-bond acceptors (Lipinski definition) is 3. The molecule has 0 saturated heterocycles. The molecule has 0 aliphatic heterocycles. The molecule has 0 amide bonds. The fourth-order valence-electron chi connectivity index (χ4n) is 1.96. The van der Waals surface area contributed by atoms with Crippen LogP contribution in [0.15, 0.2) is 24.4 Å². The van der Waals surface area contributed by atoms with Gasteiger partial charge >= 0.3 is 0 Å². The van der Waals surface area contributed by atoms with Crippen LogP contribution in [0.25, 0.3) is 0 Å². The Bertz CT molecular complexity index is 553. The highest BCUT2D eigenvalue weighted by atomic mass is 35.5. The lowest BCUT2D eigenvalue weighted by Crippen LogP contribution is -2.18. The van der Waals surface area contributed by atoms with Crippen molar-refractivity contribution in [1.29, 1.82) is 0 Å². The molecule has 2 aromatic rings. The molecule has 0 radical (unpaired) electrons. The van der Waals surface area contributed by atoms with Crippen molar-refractivity contribution in [2.45, 2.75) is 32.4 Å². The number of nitrogens with zero attached hydrogens (tertiary/aromatic N) is 3. The van der Waals surface area contributed by atoms with Crippen LogP contribution in [0.3, 0.4) is 0 Å². The molecule has 1 atom stereocenters. The van der Waals surface area contributed by atoms with E-state index in [1.807, 2.05) is 16.8 Å². The van der Waals surface area contributed by atoms with E-state index in [4.69, 9.17) is 28.9 Å². The normalized spacial score (nSPS) is 12.6. The van der Waals surface area contributed by atoms with Crippen LogP contribution in [0.2, 0.25) is 10.0 Å². The van der Waals surface area contributed by atoms with Gasteiger partial charge in [-0.2, -0.15) is 0 Å². The van der Waals surface area contributed by atoms with E-state index in [1.54, 1.807) is 12.3 Å². The van der Waals surface area contributed by atoms with Crippen LogP contribution >= 0.6 is 23.2 Å². The summed E-state index contributed by atoms with van der Waals surface area (Å²) in [6, 6.07) is 5.41.